The van der Waals surface area contributed by atoms with Gasteiger partial charge in [-0.25, -0.2) is 8.42 Å². The molecule has 118 valence electrons. The molecule has 0 spiro atoms. The molecule has 5 heteroatoms. The van der Waals surface area contributed by atoms with Crippen molar-refractivity contribution < 1.29 is 8.42 Å². The van der Waals surface area contributed by atoms with E-state index in [4.69, 9.17) is 0 Å². The van der Waals surface area contributed by atoms with Crippen LogP contribution in [-0.4, -0.2) is 39.3 Å². The Labute approximate surface area is 128 Å². The van der Waals surface area contributed by atoms with Gasteiger partial charge in [0.15, 0.2) is 9.84 Å². The molecule has 1 saturated heterocycles. The lowest BCUT2D eigenvalue weighted by molar-refractivity contribution is 0.405. The average molecular weight is 310 g/mol. The van der Waals surface area contributed by atoms with E-state index in [9.17, 15) is 8.42 Å². The summed E-state index contributed by atoms with van der Waals surface area (Å²) in [6.07, 6.45) is 3.61. The summed E-state index contributed by atoms with van der Waals surface area (Å²) in [6.45, 7) is 8.51. The molecule has 2 rings (SSSR count). The molecule has 0 saturated carbocycles. The van der Waals surface area contributed by atoms with Crippen molar-refractivity contribution in [3.63, 3.8) is 0 Å². The Hall–Kier alpha value is -1.07. The van der Waals surface area contributed by atoms with E-state index in [-0.39, 0.29) is 5.54 Å². The molecule has 0 radical (unpaired) electrons. The Morgan fingerprint density at radius 2 is 1.86 bits per heavy atom. The Kier molecular flexibility index (Phi) is 4.63. The van der Waals surface area contributed by atoms with Gasteiger partial charge in [-0.3, -0.25) is 0 Å². The second kappa shape index (κ2) is 5.97. The molecule has 0 aromatic heterocycles. The van der Waals surface area contributed by atoms with Crippen molar-refractivity contribution in [2.24, 2.45) is 0 Å². The smallest absolute Gasteiger partial charge is 0.175 e. The van der Waals surface area contributed by atoms with Crippen LogP contribution < -0.4 is 10.2 Å². The quantitative estimate of drug-likeness (QED) is 0.928. The number of anilines is 1. The monoisotopic (exact) mass is 310 g/mol. The Bertz CT molecular complexity index is 573. The zero-order chi connectivity index (χ0) is 15.7. The van der Waals surface area contributed by atoms with E-state index in [0.29, 0.717) is 10.9 Å². The van der Waals surface area contributed by atoms with Crippen molar-refractivity contribution in [1.29, 1.82) is 0 Å². The summed E-state index contributed by atoms with van der Waals surface area (Å²) in [7, 11) is -3.12. The molecule has 1 aliphatic heterocycles. The molecule has 4 nitrogen and oxygen atoms in total. The van der Waals surface area contributed by atoms with Gasteiger partial charge in [0.2, 0.25) is 0 Å². The normalized spacial score (nSPS) is 20.0. The fourth-order valence-electron chi connectivity index (χ4n) is 2.70. The van der Waals surface area contributed by atoms with Gasteiger partial charge in [-0.1, -0.05) is 0 Å². The van der Waals surface area contributed by atoms with Crippen LogP contribution in [0, 0.1) is 0 Å². The van der Waals surface area contributed by atoms with Crippen LogP contribution >= 0.6 is 0 Å². The number of hydrogen-bond donors (Lipinski definition) is 1. The highest BCUT2D eigenvalue weighted by Crippen LogP contribution is 2.26. The SMILES string of the molecule is CC(C)(C)NCC1CCCN1c1ccc(S(C)(=O)=O)cc1. The van der Waals surface area contributed by atoms with Gasteiger partial charge in [0.1, 0.15) is 0 Å². The average Bonchev–Trinajstić information content (AvgIpc) is 2.83. The van der Waals surface area contributed by atoms with Crippen molar-refractivity contribution in [1.82, 2.24) is 5.32 Å². The molecule has 1 unspecified atom stereocenters. The lowest BCUT2D eigenvalue weighted by Gasteiger charge is -2.30. The molecule has 1 aliphatic rings. The number of benzene rings is 1. The first-order valence-electron chi connectivity index (χ1n) is 7.49. The molecular weight excluding hydrogens is 284 g/mol. The summed E-state index contributed by atoms with van der Waals surface area (Å²) in [6, 6.07) is 7.74. The summed E-state index contributed by atoms with van der Waals surface area (Å²) in [5, 5.41) is 3.56. The van der Waals surface area contributed by atoms with Crippen LogP contribution in [0.1, 0.15) is 33.6 Å². The number of rotatable bonds is 4. The Morgan fingerprint density at radius 1 is 1.24 bits per heavy atom. The molecule has 0 aliphatic carbocycles. The lowest BCUT2D eigenvalue weighted by atomic mass is 10.1. The third-order valence-electron chi connectivity index (χ3n) is 3.84. The predicted molar refractivity (Wildman–Crippen MR) is 87.7 cm³/mol. The lowest BCUT2D eigenvalue weighted by Crippen LogP contribution is -2.45. The zero-order valence-corrected chi connectivity index (χ0v) is 14.2. The van der Waals surface area contributed by atoms with Gasteiger partial charge in [-0.2, -0.15) is 0 Å². The molecule has 1 aromatic carbocycles. The fraction of sp³-hybridized carbons (Fsp3) is 0.625. The zero-order valence-electron chi connectivity index (χ0n) is 13.4. The molecule has 21 heavy (non-hydrogen) atoms. The standard InChI is InChI=1S/C16H26N2O2S/c1-16(2,3)17-12-14-6-5-11-18(14)13-7-9-15(10-8-13)21(4,19)20/h7-10,14,17H,5-6,11-12H2,1-4H3. The van der Waals surface area contributed by atoms with E-state index in [1.54, 1.807) is 12.1 Å². The van der Waals surface area contributed by atoms with Crippen molar-refractivity contribution in [2.45, 2.75) is 50.1 Å². The number of nitrogens with zero attached hydrogens (tertiary/aromatic N) is 1. The first-order valence-corrected chi connectivity index (χ1v) is 9.38. The third-order valence-corrected chi connectivity index (χ3v) is 4.97. The first-order chi connectivity index (χ1) is 9.67. The number of sulfone groups is 1. The third kappa shape index (κ3) is 4.45. The Balaban J connectivity index is 2.09. The molecule has 1 N–H and O–H groups in total. The van der Waals surface area contributed by atoms with Crippen LogP contribution in [0.25, 0.3) is 0 Å². The maximum absolute atomic E-state index is 11.5. The van der Waals surface area contributed by atoms with Gasteiger partial charge in [0, 0.05) is 36.6 Å². The summed E-state index contributed by atoms with van der Waals surface area (Å²) in [5.41, 5.74) is 1.23. The minimum absolute atomic E-state index is 0.119. The van der Waals surface area contributed by atoms with Gasteiger partial charge in [-0.05, 0) is 57.9 Å². The van der Waals surface area contributed by atoms with E-state index < -0.39 is 9.84 Å². The second-order valence-corrected chi connectivity index (χ2v) is 8.90. The van der Waals surface area contributed by atoms with Crippen molar-refractivity contribution >= 4 is 15.5 Å². The highest BCUT2D eigenvalue weighted by atomic mass is 32.2. The molecule has 1 heterocycles. The van der Waals surface area contributed by atoms with Crippen molar-refractivity contribution in [3.05, 3.63) is 24.3 Å². The van der Waals surface area contributed by atoms with Gasteiger partial charge in [-0.15, -0.1) is 0 Å². The van der Waals surface area contributed by atoms with Crippen LogP contribution in [0.15, 0.2) is 29.2 Å². The first kappa shape index (κ1) is 16.3. The largest absolute Gasteiger partial charge is 0.367 e. The maximum atomic E-state index is 11.5. The van der Waals surface area contributed by atoms with Crippen molar-refractivity contribution in [3.8, 4) is 0 Å². The van der Waals surface area contributed by atoms with Crippen LogP contribution in [0.5, 0.6) is 0 Å². The minimum atomic E-state index is -3.12. The predicted octanol–water partition coefficient (Wildman–Crippen LogP) is 2.45. The molecule has 0 bridgehead atoms. The summed E-state index contributed by atoms with van der Waals surface area (Å²) in [5.74, 6) is 0. The summed E-state index contributed by atoms with van der Waals surface area (Å²) in [4.78, 5) is 2.76. The molecule has 1 aromatic rings. The maximum Gasteiger partial charge on any atom is 0.175 e. The summed E-state index contributed by atoms with van der Waals surface area (Å²) >= 11 is 0. The van der Waals surface area contributed by atoms with Gasteiger partial charge in [0.25, 0.3) is 0 Å². The number of nitrogens with one attached hydrogen (secondary N) is 1. The Morgan fingerprint density at radius 3 is 2.38 bits per heavy atom. The molecule has 1 atom stereocenters. The highest BCUT2D eigenvalue weighted by Gasteiger charge is 2.26. The topological polar surface area (TPSA) is 49.4 Å². The van der Waals surface area contributed by atoms with Gasteiger partial charge in [0.05, 0.1) is 4.90 Å². The van der Waals surface area contributed by atoms with E-state index in [1.807, 2.05) is 12.1 Å². The molecule has 0 amide bonds. The highest BCUT2D eigenvalue weighted by molar-refractivity contribution is 7.90. The van der Waals surface area contributed by atoms with Crippen LogP contribution in [-0.2, 0) is 9.84 Å². The van der Waals surface area contributed by atoms with Crippen LogP contribution in [0.2, 0.25) is 0 Å². The van der Waals surface area contributed by atoms with Gasteiger partial charge >= 0.3 is 0 Å². The number of hydrogen-bond acceptors (Lipinski definition) is 4. The van der Waals surface area contributed by atoms with Crippen LogP contribution in [0.4, 0.5) is 5.69 Å². The molecule has 1 fully saturated rings. The van der Waals surface area contributed by atoms with Crippen LogP contribution in [0.3, 0.4) is 0 Å². The van der Waals surface area contributed by atoms with E-state index in [2.05, 4.69) is 31.0 Å². The van der Waals surface area contributed by atoms with E-state index in [1.165, 1.54) is 19.1 Å². The van der Waals surface area contributed by atoms with Gasteiger partial charge < -0.3 is 10.2 Å². The second-order valence-electron chi connectivity index (χ2n) is 6.89. The fourth-order valence-corrected chi connectivity index (χ4v) is 3.33. The minimum Gasteiger partial charge on any atom is -0.367 e. The van der Waals surface area contributed by atoms with Crippen molar-refractivity contribution in [2.75, 3.05) is 24.2 Å². The van der Waals surface area contributed by atoms with E-state index >= 15 is 0 Å². The summed E-state index contributed by atoms with van der Waals surface area (Å²) < 4.78 is 23.0. The van der Waals surface area contributed by atoms with E-state index in [0.717, 1.165) is 18.8 Å². The molecular formula is C16H26N2O2S.